The fraction of sp³-hybridized carbons (Fsp3) is 0.471. The van der Waals surface area contributed by atoms with E-state index in [2.05, 4.69) is 17.2 Å². The lowest BCUT2D eigenvalue weighted by molar-refractivity contribution is -0.117. The molecule has 1 aromatic rings. The molecule has 0 unspecified atom stereocenters. The van der Waals surface area contributed by atoms with Crippen molar-refractivity contribution < 1.29 is 4.79 Å². The van der Waals surface area contributed by atoms with Crippen molar-refractivity contribution in [2.45, 2.75) is 26.2 Å². The zero-order chi connectivity index (χ0) is 15.1. The van der Waals surface area contributed by atoms with Crippen LogP contribution in [0.4, 0.5) is 5.69 Å². The zero-order valence-electron chi connectivity index (χ0n) is 12.4. The quantitative estimate of drug-likeness (QED) is 0.844. The highest BCUT2D eigenvalue weighted by Crippen LogP contribution is 2.26. The second-order valence-electron chi connectivity index (χ2n) is 5.36. The van der Waals surface area contributed by atoms with Gasteiger partial charge in [-0.15, -0.1) is 0 Å². The molecule has 112 valence electrons. The lowest BCUT2D eigenvalue weighted by Gasteiger charge is -2.20. The topological polar surface area (TPSA) is 55.1 Å². The van der Waals surface area contributed by atoms with Crippen molar-refractivity contribution >= 4 is 23.4 Å². The lowest BCUT2D eigenvalue weighted by Crippen LogP contribution is -2.20. The molecule has 2 rings (SSSR count). The van der Waals surface area contributed by atoms with Gasteiger partial charge in [-0.1, -0.05) is 17.9 Å². The molecule has 1 saturated heterocycles. The first-order chi connectivity index (χ1) is 10.2. The summed E-state index contributed by atoms with van der Waals surface area (Å²) in [4.78, 5) is 12.2. The molecule has 21 heavy (non-hydrogen) atoms. The molecule has 0 spiro atoms. The van der Waals surface area contributed by atoms with E-state index < -0.39 is 0 Å². The Morgan fingerprint density at radius 3 is 2.90 bits per heavy atom. The van der Waals surface area contributed by atoms with Gasteiger partial charge in [0, 0.05) is 12.0 Å². The van der Waals surface area contributed by atoms with E-state index in [-0.39, 0.29) is 5.91 Å². The van der Waals surface area contributed by atoms with E-state index in [4.69, 9.17) is 5.73 Å². The second kappa shape index (κ2) is 8.11. The van der Waals surface area contributed by atoms with Gasteiger partial charge in [0.25, 0.3) is 0 Å². The van der Waals surface area contributed by atoms with Gasteiger partial charge in [0.2, 0.25) is 5.91 Å². The Labute approximate surface area is 131 Å². The third kappa shape index (κ3) is 5.11. The van der Waals surface area contributed by atoms with Gasteiger partial charge in [0.05, 0.1) is 12.2 Å². The number of hydrogen-bond donors (Lipinski definition) is 2. The smallest absolute Gasteiger partial charge is 0.224 e. The highest BCUT2D eigenvalue weighted by Gasteiger charge is 2.17. The molecule has 1 heterocycles. The molecule has 0 saturated carbocycles. The Morgan fingerprint density at radius 2 is 2.19 bits per heavy atom. The summed E-state index contributed by atoms with van der Waals surface area (Å²) in [6.07, 6.45) is 2.90. The van der Waals surface area contributed by atoms with Crippen molar-refractivity contribution in [2.75, 3.05) is 23.4 Å². The molecular weight excluding hydrogens is 280 g/mol. The molecule has 0 bridgehead atoms. The molecular formula is C17H22N2OS. The van der Waals surface area contributed by atoms with E-state index >= 15 is 0 Å². The van der Waals surface area contributed by atoms with Crippen LogP contribution in [0, 0.1) is 24.7 Å². The minimum absolute atomic E-state index is 0.0910. The first-order valence-electron chi connectivity index (χ1n) is 7.36. The maximum Gasteiger partial charge on any atom is 0.224 e. The van der Waals surface area contributed by atoms with Gasteiger partial charge >= 0.3 is 0 Å². The average molecular weight is 302 g/mol. The predicted octanol–water partition coefficient (Wildman–Crippen LogP) is 2.78. The van der Waals surface area contributed by atoms with Crippen molar-refractivity contribution in [3.63, 3.8) is 0 Å². The highest BCUT2D eigenvalue weighted by molar-refractivity contribution is 7.99. The van der Waals surface area contributed by atoms with Crippen LogP contribution in [0.2, 0.25) is 0 Å². The fourth-order valence-electron chi connectivity index (χ4n) is 2.43. The molecule has 1 aliphatic rings. The normalized spacial score (nSPS) is 15.1. The van der Waals surface area contributed by atoms with Crippen LogP contribution < -0.4 is 11.1 Å². The summed E-state index contributed by atoms with van der Waals surface area (Å²) in [5, 5.41) is 3.02. The third-order valence-electron chi connectivity index (χ3n) is 3.59. The number of carbonyl (C=O) groups is 1. The number of thioether (sulfide) groups is 1. The monoisotopic (exact) mass is 302 g/mol. The van der Waals surface area contributed by atoms with Gasteiger partial charge in [-0.25, -0.2) is 0 Å². The number of aryl methyl sites for hydroxylation is 1. The minimum atomic E-state index is 0.0910. The minimum Gasteiger partial charge on any atom is -0.325 e. The van der Waals surface area contributed by atoms with Gasteiger partial charge in [-0.3, -0.25) is 4.79 Å². The third-order valence-corrected chi connectivity index (χ3v) is 4.64. The molecule has 1 amide bonds. The number of benzene rings is 1. The van der Waals surface area contributed by atoms with E-state index in [9.17, 15) is 4.79 Å². The molecule has 4 heteroatoms. The van der Waals surface area contributed by atoms with Crippen molar-refractivity contribution in [3.05, 3.63) is 29.3 Å². The average Bonchev–Trinajstić information content (AvgIpc) is 2.47. The standard InChI is InChI=1S/C17H22N2OS/c1-13-4-5-15(3-2-8-18)16(11-13)19-17(20)12-14-6-9-21-10-7-14/h4-5,11,14H,6-10,12,18H2,1H3,(H,19,20). The predicted molar refractivity (Wildman–Crippen MR) is 90.4 cm³/mol. The van der Waals surface area contributed by atoms with Crippen LogP contribution in [-0.4, -0.2) is 24.0 Å². The number of nitrogens with one attached hydrogen (secondary N) is 1. The fourth-order valence-corrected chi connectivity index (χ4v) is 3.63. The largest absolute Gasteiger partial charge is 0.325 e. The van der Waals surface area contributed by atoms with E-state index in [1.165, 1.54) is 11.5 Å². The molecule has 3 N–H and O–H groups in total. The van der Waals surface area contributed by atoms with Crippen LogP contribution >= 0.6 is 11.8 Å². The maximum absolute atomic E-state index is 12.2. The van der Waals surface area contributed by atoms with Crippen LogP contribution in [0.1, 0.15) is 30.4 Å². The number of nitrogens with two attached hydrogens (primary N) is 1. The summed E-state index contributed by atoms with van der Waals surface area (Å²) in [7, 11) is 0. The maximum atomic E-state index is 12.2. The van der Waals surface area contributed by atoms with Crippen LogP contribution in [-0.2, 0) is 4.79 Å². The van der Waals surface area contributed by atoms with Crippen molar-refractivity contribution in [3.8, 4) is 11.8 Å². The van der Waals surface area contributed by atoms with Crippen molar-refractivity contribution in [2.24, 2.45) is 11.7 Å². The van der Waals surface area contributed by atoms with Crippen LogP contribution in [0.15, 0.2) is 18.2 Å². The van der Waals surface area contributed by atoms with E-state index in [0.29, 0.717) is 18.9 Å². The Balaban J connectivity index is 2.03. The molecule has 3 nitrogen and oxygen atoms in total. The van der Waals surface area contributed by atoms with Crippen molar-refractivity contribution in [1.29, 1.82) is 0 Å². The Hall–Kier alpha value is -1.44. The summed E-state index contributed by atoms with van der Waals surface area (Å²) in [6.45, 7) is 2.33. The van der Waals surface area contributed by atoms with E-state index in [1.807, 2.05) is 36.9 Å². The molecule has 0 radical (unpaired) electrons. The Kier molecular flexibility index (Phi) is 6.16. The van der Waals surface area contributed by atoms with E-state index in [0.717, 1.165) is 29.7 Å². The summed E-state index contributed by atoms with van der Waals surface area (Å²) in [5.74, 6) is 8.83. The highest BCUT2D eigenvalue weighted by atomic mass is 32.2. The molecule has 1 aliphatic heterocycles. The summed E-state index contributed by atoms with van der Waals surface area (Å²) >= 11 is 1.98. The molecule has 0 atom stereocenters. The number of amides is 1. The number of hydrogen-bond acceptors (Lipinski definition) is 3. The van der Waals surface area contributed by atoms with Crippen LogP contribution in [0.5, 0.6) is 0 Å². The van der Waals surface area contributed by atoms with Gasteiger partial charge in [-0.05, 0) is 54.9 Å². The van der Waals surface area contributed by atoms with Crippen LogP contribution in [0.25, 0.3) is 0 Å². The number of carbonyl (C=O) groups excluding carboxylic acids is 1. The van der Waals surface area contributed by atoms with Gasteiger partial charge in [0.1, 0.15) is 0 Å². The summed E-state index contributed by atoms with van der Waals surface area (Å²) in [6, 6.07) is 5.90. The first-order valence-corrected chi connectivity index (χ1v) is 8.51. The molecule has 1 aromatic carbocycles. The van der Waals surface area contributed by atoms with Gasteiger partial charge < -0.3 is 11.1 Å². The zero-order valence-corrected chi connectivity index (χ0v) is 13.3. The molecule has 1 fully saturated rings. The summed E-state index contributed by atoms with van der Waals surface area (Å²) in [5.41, 5.74) is 8.16. The van der Waals surface area contributed by atoms with Gasteiger partial charge in [-0.2, -0.15) is 11.8 Å². The second-order valence-corrected chi connectivity index (χ2v) is 6.59. The Morgan fingerprint density at radius 1 is 1.43 bits per heavy atom. The summed E-state index contributed by atoms with van der Waals surface area (Å²) < 4.78 is 0. The number of rotatable bonds is 3. The number of anilines is 1. The lowest BCUT2D eigenvalue weighted by atomic mass is 9.98. The molecule has 0 aromatic heterocycles. The van der Waals surface area contributed by atoms with Gasteiger partial charge in [0.15, 0.2) is 0 Å². The van der Waals surface area contributed by atoms with E-state index in [1.54, 1.807) is 0 Å². The van der Waals surface area contributed by atoms with Crippen molar-refractivity contribution in [1.82, 2.24) is 0 Å². The first kappa shape index (κ1) is 15.9. The Bertz CT molecular complexity index is 554. The molecule has 0 aliphatic carbocycles. The SMILES string of the molecule is Cc1ccc(C#CCN)c(NC(=O)CC2CCSCC2)c1. The van der Waals surface area contributed by atoms with Crippen LogP contribution in [0.3, 0.4) is 0 Å².